The van der Waals surface area contributed by atoms with Gasteiger partial charge in [0.1, 0.15) is 0 Å². The Balaban J connectivity index is 0.000000189. The lowest BCUT2D eigenvalue weighted by Gasteiger charge is -2.13. The summed E-state index contributed by atoms with van der Waals surface area (Å²) < 4.78 is 0. The number of carbonyl (C=O) groups excluding carboxylic acids is 6. The normalized spacial score (nSPS) is 23.4. The number of amides is 3. The van der Waals surface area contributed by atoms with Gasteiger partial charge in [-0.1, -0.05) is 54.6 Å². The van der Waals surface area contributed by atoms with Gasteiger partial charge >= 0.3 is 12.1 Å². The predicted molar refractivity (Wildman–Crippen MR) is 140 cm³/mol. The molecular weight excluding hydrogens is 512 g/mol. The quantitative estimate of drug-likeness (QED) is 0.451. The van der Waals surface area contributed by atoms with E-state index in [1.807, 2.05) is 12.1 Å². The smallest absolute Gasteiger partial charge is 0.351 e. The molecule has 4 atom stereocenters. The first-order valence-corrected chi connectivity index (χ1v) is 13.3. The van der Waals surface area contributed by atoms with Crippen LogP contribution in [0.5, 0.6) is 0 Å². The maximum absolute atomic E-state index is 12.3. The molecule has 4 aliphatic carbocycles. The second kappa shape index (κ2) is 11.6. The Labute approximate surface area is 230 Å². The van der Waals surface area contributed by atoms with Crippen molar-refractivity contribution in [3.8, 4) is 0 Å². The van der Waals surface area contributed by atoms with Gasteiger partial charge in [-0.25, -0.2) is 4.79 Å². The zero-order valence-corrected chi connectivity index (χ0v) is 21.7. The van der Waals surface area contributed by atoms with Crippen LogP contribution in [0.4, 0.5) is 0 Å². The summed E-state index contributed by atoms with van der Waals surface area (Å²) in [5.74, 6) is 0.326. The summed E-state index contributed by atoms with van der Waals surface area (Å²) in [6.45, 7) is 0.0664. The number of hydrogen-bond donors (Lipinski definition) is 1. The molecule has 0 aromatic heterocycles. The summed E-state index contributed by atoms with van der Waals surface area (Å²) in [6.07, 6.45) is 11.8. The highest BCUT2D eigenvalue weighted by molar-refractivity contribution is 6.01. The number of fused-ring (bicyclic) bond motifs is 10. The Hall–Kier alpha value is -4.62. The van der Waals surface area contributed by atoms with Gasteiger partial charge in [0.05, 0.1) is 6.42 Å². The van der Waals surface area contributed by atoms with Gasteiger partial charge in [-0.05, 0) is 47.2 Å². The van der Waals surface area contributed by atoms with Gasteiger partial charge in [0.15, 0.2) is 0 Å². The van der Waals surface area contributed by atoms with Gasteiger partial charge in [-0.15, -0.1) is 5.06 Å². The number of nitrogens with zero attached hydrogens (tertiary/aromatic N) is 1. The van der Waals surface area contributed by atoms with Crippen LogP contribution in [0.1, 0.15) is 88.4 Å². The molecule has 0 saturated carbocycles. The first-order valence-electron chi connectivity index (χ1n) is 13.3. The van der Waals surface area contributed by atoms with E-state index in [1.54, 1.807) is 17.2 Å². The lowest BCUT2D eigenvalue weighted by molar-refractivity contribution is -0.197. The fraction of sp³-hybridized carbons (Fsp3) is 0.323. The van der Waals surface area contributed by atoms with Crippen LogP contribution in [-0.2, 0) is 28.8 Å². The van der Waals surface area contributed by atoms with Crippen LogP contribution in [0.15, 0.2) is 66.8 Å². The van der Waals surface area contributed by atoms with Crippen LogP contribution >= 0.6 is 0 Å². The van der Waals surface area contributed by atoms with E-state index in [0.29, 0.717) is 22.5 Å². The molecule has 1 N–H and O–H groups in total. The molecule has 0 spiro atoms. The average molecular weight is 541 g/mol. The molecule has 5 aliphatic rings. The lowest BCUT2D eigenvalue weighted by atomic mass is 9.95. The second-order valence-electron chi connectivity index (χ2n) is 10.3. The number of nitrogens with one attached hydrogen (secondary N) is 1. The molecule has 3 amide bonds. The van der Waals surface area contributed by atoms with Gasteiger partial charge in [-0.3, -0.25) is 14.4 Å². The molecule has 1 fully saturated rings. The van der Waals surface area contributed by atoms with E-state index in [0.717, 1.165) is 18.3 Å². The van der Waals surface area contributed by atoms with Crippen LogP contribution in [0.25, 0.3) is 0 Å². The van der Waals surface area contributed by atoms with Gasteiger partial charge in [-0.2, -0.15) is 9.59 Å². The van der Waals surface area contributed by atoms with E-state index in [1.165, 1.54) is 17.5 Å². The minimum atomic E-state index is -0.731. The summed E-state index contributed by atoms with van der Waals surface area (Å²) in [5, 5.41) is 3.17. The molecule has 9 nitrogen and oxygen atoms in total. The van der Waals surface area contributed by atoms with Gasteiger partial charge in [0.2, 0.25) is 0 Å². The number of benzene rings is 2. The van der Waals surface area contributed by atoms with E-state index in [9.17, 15) is 19.2 Å². The molecule has 40 heavy (non-hydrogen) atoms. The van der Waals surface area contributed by atoms with Gasteiger partial charge in [0, 0.05) is 48.6 Å². The molecule has 2 aromatic rings. The van der Waals surface area contributed by atoms with E-state index < -0.39 is 17.8 Å². The van der Waals surface area contributed by atoms with Crippen molar-refractivity contribution in [3.05, 3.63) is 94.6 Å². The number of hydroxylamine groups is 2. The summed E-state index contributed by atoms with van der Waals surface area (Å²) in [4.78, 5) is 67.8. The zero-order valence-electron chi connectivity index (χ0n) is 21.7. The largest absolute Gasteiger partial charge is 0.373 e. The topological polar surface area (TPSA) is 127 Å². The second-order valence-corrected chi connectivity index (χ2v) is 10.3. The number of hydrogen-bond acceptors (Lipinski definition) is 7. The number of carbonyl (C=O) groups is 4. The van der Waals surface area contributed by atoms with Crippen molar-refractivity contribution in [2.75, 3.05) is 6.54 Å². The number of imide groups is 1. The SMILES string of the molecule is C1=CC2CC1c1ccccc12.O=C(CCNC(=O)c1ccc2c(c1)C1C=CC2C1)ON1C(=O)CCC1=O.O=C=O. The zero-order chi connectivity index (χ0) is 28.2. The Bertz CT molecular complexity index is 1410. The first kappa shape index (κ1) is 27.0. The standard InChI is InChI=1S/C19H18N2O5.C11H10.CO2/c22-16-5-6-17(23)21(16)26-18(24)7-8-20-19(25)13-3-4-14-11-1-2-12(9-11)15(14)10-13;1-2-4-11-9-6-5-8(7-9)10(11)3-1;2-1-3/h1-4,10-12H,5-9H2,(H,20,25);1-6,8-9H,7H2;. The van der Waals surface area contributed by atoms with Crippen molar-refractivity contribution in [1.82, 2.24) is 10.4 Å². The third kappa shape index (κ3) is 5.42. The van der Waals surface area contributed by atoms with E-state index in [4.69, 9.17) is 14.4 Å². The molecule has 1 aliphatic heterocycles. The monoisotopic (exact) mass is 540 g/mol. The Morgan fingerprint density at radius 2 is 1.30 bits per heavy atom. The average Bonchev–Trinajstić information content (AvgIpc) is 3.80. The third-order valence-corrected chi connectivity index (χ3v) is 7.92. The fourth-order valence-corrected chi connectivity index (χ4v) is 6.07. The fourth-order valence-electron chi connectivity index (χ4n) is 6.07. The van der Waals surface area contributed by atoms with Crippen molar-refractivity contribution >= 4 is 29.8 Å². The molecule has 1 saturated heterocycles. The molecule has 4 unspecified atom stereocenters. The Kier molecular flexibility index (Phi) is 7.84. The maximum atomic E-state index is 12.3. The van der Waals surface area contributed by atoms with Crippen molar-refractivity contribution in [2.45, 2.75) is 55.8 Å². The molecule has 0 radical (unpaired) electrons. The minimum absolute atomic E-state index is 0.0538. The molecule has 2 aromatic carbocycles. The van der Waals surface area contributed by atoms with E-state index in [2.05, 4.69) is 53.9 Å². The molecule has 204 valence electrons. The maximum Gasteiger partial charge on any atom is 0.373 e. The number of allylic oxidation sites excluding steroid dienone is 4. The third-order valence-electron chi connectivity index (χ3n) is 7.92. The highest BCUT2D eigenvalue weighted by atomic mass is 16.7. The predicted octanol–water partition coefficient (Wildman–Crippen LogP) is 3.80. The van der Waals surface area contributed by atoms with E-state index in [-0.39, 0.29) is 37.9 Å². The summed E-state index contributed by atoms with van der Waals surface area (Å²) in [7, 11) is 0. The van der Waals surface area contributed by atoms with Crippen molar-refractivity contribution in [3.63, 3.8) is 0 Å². The molecule has 4 bridgehead atoms. The van der Waals surface area contributed by atoms with Crippen LogP contribution in [0.3, 0.4) is 0 Å². The van der Waals surface area contributed by atoms with Crippen LogP contribution < -0.4 is 5.32 Å². The van der Waals surface area contributed by atoms with Crippen LogP contribution in [-0.4, -0.2) is 41.5 Å². The number of rotatable bonds is 5. The van der Waals surface area contributed by atoms with Crippen LogP contribution in [0.2, 0.25) is 0 Å². The lowest BCUT2D eigenvalue weighted by Crippen LogP contribution is -2.33. The Morgan fingerprint density at radius 3 is 1.85 bits per heavy atom. The summed E-state index contributed by atoms with van der Waals surface area (Å²) in [6, 6.07) is 14.5. The molecular formula is C31H28N2O7. The van der Waals surface area contributed by atoms with Crippen molar-refractivity contribution < 1.29 is 33.6 Å². The summed E-state index contributed by atoms with van der Waals surface area (Å²) >= 11 is 0. The van der Waals surface area contributed by atoms with Gasteiger partial charge < -0.3 is 10.2 Å². The van der Waals surface area contributed by atoms with Crippen molar-refractivity contribution in [1.29, 1.82) is 0 Å². The van der Waals surface area contributed by atoms with E-state index >= 15 is 0 Å². The molecule has 7 rings (SSSR count). The Morgan fingerprint density at radius 1 is 0.800 bits per heavy atom. The molecule has 1 heterocycles. The van der Waals surface area contributed by atoms with Crippen LogP contribution in [0, 0.1) is 0 Å². The minimum Gasteiger partial charge on any atom is -0.351 e. The van der Waals surface area contributed by atoms with Gasteiger partial charge in [0.25, 0.3) is 17.7 Å². The highest BCUT2D eigenvalue weighted by Crippen LogP contribution is 2.49. The molecule has 9 heteroatoms. The summed E-state index contributed by atoms with van der Waals surface area (Å²) in [5.41, 5.74) is 6.19. The first-order chi connectivity index (χ1) is 19.4. The highest BCUT2D eigenvalue weighted by Gasteiger charge is 2.34. The van der Waals surface area contributed by atoms with Crippen molar-refractivity contribution in [2.24, 2.45) is 0 Å².